The summed E-state index contributed by atoms with van der Waals surface area (Å²) in [7, 11) is 0. The van der Waals surface area contributed by atoms with Gasteiger partial charge in [-0.1, -0.05) is 29.8 Å². The summed E-state index contributed by atoms with van der Waals surface area (Å²) in [5.41, 5.74) is 6.64. The number of allylic oxidation sites excluding steroid dienone is 3. The average molecular weight is 422 g/mol. The third-order valence-corrected chi connectivity index (χ3v) is 5.86. The SMILES string of the molecule is [C-]#[N+]/C(C#N)=C1C=C(/C=C/c2ccc3c(c2)CCCN3c2ccc(C)cc2)OC(C)(C)C\1. The van der Waals surface area contributed by atoms with E-state index in [1.807, 2.05) is 38.1 Å². The molecule has 0 unspecified atom stereocenters. The molecule has 4 rings (SSSR count). The van der Waals surface area contributed by atoms with Crippen molar-refractivity contribution in [2.45, 2.75) is 45.6 Å². The normalized spacial score (nSPS) is 18.8. The Bertz CT molecular complexity index is 1180. The second kappa shape index (κ2) is 8.77. The molecule has 0 radical (unpaired) electrons. The molecule has 0 aliphatic carbocycles. The zero-order valence-electron chi connectivity index (χ0n) is 18.9. The second-order valence-corrected chi connectivity index (χ2v) is 8.99. The van der Waals surface area contributed by atoms with Crippen LogP contribution in [-0.4, -0.2) is 12.1 Å². The summed E-state index contributed by atoms with van der Waals surface area (Å²) in [6, 6.07) is 17.3. The molecule has 0 fully saturated rings. The number of benzene rings is 2. The number of anilines is 2. The van der Waals surface area contributed by atoms with Gasteiger partial charge < -0.3 is 9.64 Å². The monoisotopic (exact) mass is 421 g/mol. The molecule has 32 heavy (non-hydrogen) atoms. The lowest BCUT2D eigenvalue weighted by atomic mass is 9.93. The minimum absolute atomic E-state index is 0.136. The van der Waals surface area contributed by atoms with Crippen molar-refractivity contribution in [2.75, 3.05) is 11.4 Å². The third-order valence-electron chi connectivity index (χ3n) is 5.86. The van der Waals surface area contributed by atoms with E-state index < -0.39 is 5.60 Å². The lowest BCUT2D eigenvalue weighted by molar-refractivity contribution is 0.0356. The Morgan fingerprint density at radius 2 is 1.97 bits per heavy atom. The first kappa shape index (κ1) is 21.5. The van der Waals surface area contributed by atoms with Gasteiger partial charge in [0.1, 0.15) is 11.4 Å². The first-order valence-electron chi connectivity index (χ1n) is 11.0. The number of hydrogen-bond acceptors (Lipinski definition) is 3. The van der Waals surface area contributed by atoms with Crippen LogP contribution in [0.4, 0.5) is 11.4 Å². The molecule has 2 aromatic rings. The molecule has 2 aliphatic heterocycles. The van der Waals surface area contributed by atoms with Gasteiger partial charge in [0, 0.05) is 24.3 Å². The Morgan fingerprint density at radius 3 is 2.69 bits per heavy atom. The molecule has 4 nitrogen and oxygen atoms in total. The highest BCUT2D eigenvalue weighted by Crippen LogP contribution is 2.35. The van der Waals surface area contributed by atoms with Crippen molar-refractivity contribution in [2.24, 2.45) is 0 Å². The zero-order valence-corrected chi connectivity index (χ0v) is 18.9. The van der Waals surface area contributed by atoms with E-state index >= 15 is 0 Å². The summed E-state index contributed by atoms with van der Waals surface area (Å²) in [6.45, 7) is 14.4. The minimum atomic E-state index is -0.457. The van der Waals surface area contributed by atoms with Crippen LogP contribution in [-0.2, 0) is 11.2 Å². The van der Waals surface area contributed by atoms with Gasteiger partial charge in [0.05, 0.1) is 12.6 Å². The van der Waals surface area contributed by atoms with Gasteiger partial charge in [-0.25, -0.2) is 10.1 Å². The largest absolute Gasteiger partial charge is 0.488 e. The summed E-state index contributed by atoms with van der Waals surface area (Å²) in [5, 5.41) is 9.26. The van der Waals surface area contributed by atoms with Crippen LogP contribution in [0.15, 0.2) is 71.6 Å². The molecule has 0 aromatic heterocycles. The van der Waals surface area contributed by atoms with Crippen LogP contribution in [0.1, 0.15) is 43.4 Å². The summed E-state index contributed by atoms with van der Waals surface area (Å²) in [6.07, 6.45) is 8.52. The maximum Gasteiger partial charge on any atom is 0.265 e. The lowest BCUT2D eigenvalue weighted by Gasteiger charge is -2.32. The topological polar surface area (TPSA) is 40.6 Å². The van der Waals surface area contributed by atoms with E-state index in [2.05, 4.69) is 59.1 Å². The second-order valence-electron chi connectivity index (χ2n) is 8.99. The third kappa shape index (κ3) is 4.61. The van der Waals surface area contributed by atoms with Gasteiger partial charge in [0.15, 0.2) is 0 Å². The lowest BCUT2D eigenvalue weighted by Crippen LogP contribution is -2.27. The number of nitriles is 1. The molecule has 0 bridgehead atoms. The molecule has 2 aromatic carbocycles. The summed E-state index contributed by atoms with van der Waals surface area (Å²) >= 11 is 0. The van der Waals surface area contributed by atoms with Crippen molar-refractivity contribution >= 4 is 17.5 Å². The van der Waals surface area contributed by atoms with Crippen LogP contribution in [0.2, 0.25) is 0 Å². The Balaban J connectivity index is 1.61. The van der Waals surface area contributed by atoms with Crippen LogP contribution >= 0.6 is 0 Å². The number of ether oxygens (including phenoxy) is 1. The Kier molecular flexibility index (Phi) is 5.89. The molecule has 0 spiro atoms. The molecular weight excluding hydrogens is 394 g/mol. The number of hydrogen-bond donors (Lipinski definition) is 0. The van der Waals surface area contributed by atoms with Crippen LogP contribution < -0.4 is 4.90 Å². The van der Waals surface area contributed by atoms with Crippen LogP contribution in [0, 0.1) is 24.8 Å². The standard InChI is InChI=1S/C28H27N3O/c1-20-7-11-24(12-8-20)31-15-5-6-22-16-21(10-14-27(22)31)9-13-25-17-23(26(19-29)30-4)18-28(2,3)32-25/h7-14,16-17H,5-6,15,18H2,1-3H3/b13-9+,26-23+. The number of rotatable bonds is 3. The van der Waals surface area contributed by atoms with Crippen LogP contribution in [0.5, 0.6) is 0 Å². The van der Waals surface area contributed by atoms with Crippen molar-refractivity contribution < 1.29 is 4.74 Å². The quantitative estimate of drug-likeness (QED) is 0.401. The first-order chi connectivity index (χ1) is 15.4. The molecule has 0 N–H and O–H groups in total. The predicted octanol–water partition coefficient (Wildman–Crippen LogP) is 6.87. The Hall–Kier alpha value is -3.76. The van der Waals surface area contributed by atoms with E-state index in [0.717, 1.165) is 30.5 Å². The fourth-order valence-electron chi connectivity index (χ4n) is 4.36. The Morgan fingerprint density at radius 1 is 1.19 bits per heavy atom. The van der Waals surface area contributed by atoms with Crippen LogP contribution in [0.25, 0.3) is 10.9 Å². The molecule has 0 amide bonds. The summed E-state index contributed by atoms with van der Waals surface area (Å²) in [5.74, 6) is 0.673. The molecule has 160 valence electrons. The molecule has 4 heteroatoms. The fourth-order valence-corrected chi connectivity index (χ4v) is 4.36. The van der Waals surface area contributed by atoms with Crippen molar-refractivity contribution in [1.82, 2.24) is 0 Å². The van der Waals surface area contributed by atoms with Gasteiger partial charge >= 0.3 is 0 Å². The van der Waals surface area contributed by atoms with Crippen molar-refractivity contribution in [3.63, 3.8) is 0 Å². The van der Waals surface area contributed by atoms with Gasteiger partial charge in [0.2, 0.25) is 0 Å². The molecule has 2 heterocycles. The predicted molar refractivity (Wildman–Crippen MR) is 129 cm³/mol. The van der Waals surface area contributed by atoms with E-state index in [4.69, 9.17) is 11.3 Å². The van der Waals surface area contributed by atoms with Crippen molar-refractivity contribution in [3.05, 3.63) is 99.8 Å². The average Bonchev–Trinajstić information content (AvgIpc) is 2.77. The smallest absolute Gasteiger partial charge is 0.265 e. The molecule has 0 atom stereocenters. The highest BCUT2D eigenvalue weighted by molar-refractivity contribution is 5.70. The molecular formula is C28H27N3O. The van der Waals surface area contributed by atoms with Gasteiger partial charge in [-0.05, 0) is 86.7 Å². The van der Waals surface area contributed by atoms with E-state index in [-0.39, 0.29) is 5.70 Å². The number of nitrogens with zero attached hydrogens (tertiary/aromatic N) is 3. The van der Waals surface area contributed by atoms with E-state index in [1.54, 1.807) is 0 Å². The highest BCUT2D eigenvalue weighted by Gasteiger charge is 2.27. The number of aryl methyl sites for hydroxylation is 2. The first-order valence-corrected chi connectivity index (χ1v) is 11.0. The highest BCUT2D eigenvalue weighted by atomic mass is 16.5. The van der Waals surface area contributed by atoms with Crippen molar-refractivity contribution in [3.8, 4) is 6.07 Å². The molecule has 2 aliphatic rings. The van der Waals surface area contributed by atoms with Gasteiger partial charge in [-0.3, -0.25) is 0 Å². The minimum Gasteiger partial charge on any atom is -0.488 e. The van der Waals surface area contributed by atoms with Gasteiger partial charge in [-0.2, -0.15) is 0 Å². The van der Waals surface area contributed by atoms with Gasteiger partial charge in [0.25, 0.3) is 5.70 Å². The fraction of sp³-hybridized carbons (Fsp3) is 0.286. The van der Waals surface area contributed by atoms with E-state index in [9.17, 15) is 5.26 Å². The molecule has 0 saturated heterocycles. The van der Waals surface area contributed by atoms with Crippen LogP contribution in [0.3, 0.4) is 0 Å². The Labute approximate surface area is 190 Å². The number of fused-ring (bicyclic) bond motifs is 1. The van der Waals surface area contributed by atoms with E-state index in [0.29, 0.717) is 12.2 Å². The maximum atomic E-state index is 9.26. The maximum absolute atomic E-state index is 9.26. The van der Waals surface area contributed by atoms with Crippen molar-refractivity contribution in [1.29, 1.82) is 5.26 Å². The summed E-state index contributed by atoms with van der Waals surface area (Å²) < 4.78 is 6.08. The van der Waals surface area contributed by atoms with E-state index in [1.165, 1.54) is 22.5 Å². The van der Waals surface area contributed by atoms with Gasteiger partial charge in [-0.15, -0.1) is 0 Å². The zero-order chi connectivity index (χ0) is 22.7. The summed E-state index contributed by atoms with van der Waals surface area (Å²) in [4.78, 5) is 5.77. The molecule has 0 saturated carbocycles.